The van der Waals surface area contributed by atoms with Gasteiger partial charge in [0.2, 0.25) is 5.76 Å². The van der Waals surface area contributed by atoms with Crippen LogP contribution >= 0.6 is 0 Å². The number of hydrogen-bond acceptors (Lipinski definition) is 9. The zero-order valence-corrected chi connectivity index (χ0v) is 15.1. The fourth-order valence-corrected chi connectivity index (χ4v) is 2.36. The van der Waals surface area contributed by atoms with Crippen molar-refractivity contribution in [2.45, 2.75) is 12.5 Å². The molecule has 1 aromatic carbocycles. The summed E-state index contributed by atoms with van der Waals surface area (Å²) >= 11 is 0. The molecule has 0 bridgehead atoms. The van der Waals surface area contributed by atoms with Crippen LogP contribution in [0.3, 0.4) is 0 Å². The Bertz CT molecular complexity index is 754. The van der Waals surface area contributed by atoms with Crippen LogP contribution in [-0.4, -0.2) is 56.2 Å². The summed E-state index contributed by atoms with van der Waals surface area (Å²) in [5.74, 6) is -1.65. The topological polar surface area (TPSA) is 121 Å². The normalized spacial score (nSPS) is 16.4. The average Bonchev–Trinajstić information content (AvgIpc) is 2.92. The molecule has 146 valence electrons. The third kappa shape index (κ3) is 4.63. The second kappa shape index (κ2) is 8.84. The first-order valence-electron chi connectivity index (χ1n) is 7.89. The van der Waals surface area contributed by atoms with Crippen molar-refractivity contribution in [1.29, 1.82) is 0 Å². The summed E-state index contributed by atoms with van der Waals surface area (Å²) in [5.41, 5.74) is 0.521. The van der Waals surface area contributed by atoms with E-state index in [-0.39, 0.29) is 13.0 Å². The van der Waals surface area contributed by atoms with Crippen LogP contribution in [-0.2, 0) is 19.1 Å². The third-order valence-electron chi connectivity index (χ3n) is 3.75. The lowest BCUT2D eigenvalue weighted by atomic mass is 10.1. The molecule has 9 heteroatoms. The standard InChI is InChI=1S/C18H20O9/c1-23-10-8-13(24-2)11(14(9-10)25-3)4-5-15(19)26-7-6-12-16(20)17(21)18(22)27-12/h4-5,8-9,12,20-21H,6-7H2,1-3H3/b5-4+. The molecule has 27 heavy (non-hydrogen) atoms. The quantitative estimate of drug-likeness (QED) is 0.514. The van der Waals surface area contributed by atoms with E-state index in [2.05, 4.69) is 0 Å². The second-order valence-electron chi connectivity index (χ2n) is 5.36. The highest BCUT2D eigenvalue weighted by atomic mass is 16.6. The summed E-state index contributed by atoms with van der Waals surface area (Å²) < 4.78 is 25.4. The van der Waals surface area contributed by atoms with Crippen molar-refractivity contribution in [2.24, 2.45) is 0 Å². The van der Waals surface area contributed by atoms with E-state index in [0.29, 0.717) is 22.8 Å². The van der Waals surface area contributed by atoms with Gasteiger partial charge in [-0.25, -0.2) is 9.59 Å². The number of ether oxygens (including phenoxy) is 5. The number of rotatable bonds is 8. The Morgan fingerprint density at radius 3 is 2.26 bits per heavy atom. The highest BCUT2D eigenvalue weighted by Crippen LogP contribution is 2.35. The molecule has 9 nitrogen and oxygen atoms in total. The van der Waals surface area contributed by atoms with E-state index in [4.69, 9.17) is 23.7 Å². The number of aliphatic hydroxyl groups is 2. The molecular formula is C18H20O9. The molecule has 1 aromatic rings. The van der Waals surface area contributed by atoms with Gasteiger partial charge >= 0.3 is 11.9 Å². The van der Waals surface area contributed by atoms with Crippen LogP contribution in [0.2, 0.25) is 0 Å². The van der Waals surface area contributed by atoms with Crippen molar-refractivity contribution >= 4 is 18.0 Å². The molecule has 0 amide bonds. The molecule has 0 spiro atoms. The largest absolute Gasteiger partial charge is 0.505 e. The van der Waals surface area contributed by atoms with Gasteiger partial charge in [0.05, 0.1) is 33.5 Å². The van der Waals surface area contributed by atoms with Crippen molar-refractivity contribution in [3.05, 3.63) is 35.3 Å². The first-order chi connectivity index (χ1) is 12.9. The highest BCUT2D eigenvalue weighted by Gasteiger charge is 2.34. The van der Waals surface area contributed by atoms with Crippen molar-refractivity contribution in [3.63, 3.8) is 0 Å². The maximum atomic E-state index is 11.9. The SMILES string of the molecule is COc1cc(OC)c(/C=C/C(=O)OCCC2OC(=O)C(O)=C2O)c(OC)c1. The number of hydrogen-bond donors (Lipinski definition) is 2. The Labute approximate surface area is 155 Å². The fourth-order valence-electron chi connectivity index (χ4n) is 2.36. The Kier molecular flexibility index (Phi) is 6.53. The van der Waals surface area contributed by atoms with Crippen molar-refractivity contribution in [1.82, 2.24) is 0 Å². The summed E-state index contributed by atoms with van der Waals surface area (Å²) in [6.07, 6.45) is 1.63. The molecule has 2 N–H and O–H groups in total. The molecule has 1 aliphatic rings. The van der Waals surface area contributed by atoms with E-state index in [0.717, 1.165) is 0 Å². The number of carbonyl (C=O) groups is 2. The van der Waals surface area contributed by atoms with Gasteiger partial charge in [-0.3, -0.25) is 0 Å². The molecule has 0 saturated heterocycles. The monoisotopic (exact) mass is 380 g/mol. The van der Waals surface area contributed by atoms with Gasteiger partial charge in [-0.1, -0.05) is 0 Å². The summed E-state index contributed by atoms with van der Waals surface area (Å²) in [6, 6.07) is 3.28. The molecule has 0 saturated carbocycles. The first kappa shape index (κ1) is 20.0. The van der Waals surface area contributed by atoms with Crippen molar-refractivity contribution < 1.29 is 43.5 Å². The van der Waals surface area contributed by atoms with E-state index in [1.807, 2.05) is 0 Å². The third-order valence-corrected chi connectivity index (χ3v) is 3.75. The van der Waals surface area contributed by atoms with Gasteiger partial charge < -0.3 is 33.9 Å². The van der Waals surface area contributed by atoms with E-state index in [1.54, 1.807) is 12.1 Å². The van der Waals surface area contributed by atoms with Gasteiger partial charge in [0, 0.05) is 24.6 Å². The van der Waals surface area contributed by atoms with E-state index in [1.165, 1.54) is 33.5 Å². The zero-order chi connectivity index (χ0) is 20.0. The van der Waals surface area contributed by atoms with Crippen molar-refractivity contribution in [3.8, 4) is 17.2 Å². The van der Waals surface area contributed by atoms with Crippen LogP contribution in [0.1, 0.15) is 12.0 Å². The van der Waals surface area contributed by atoms with Crippen molar-refractivity contribution in [2.75, 3.05) is 27.9 Å². The van der Waals surface area contributed by atoms with Crippen LogP contribution in [0.5, 0.6) is 17.2 Å². The van der Waals surface area contributed by atoms with Crippen LogP contribution < -0.4 is 14.2 Å². The lowest BCUT2D eigenvalue weighted by molar-refractivity contribution is -0.144. The molecule has 1 aliphatic heterocycles. The van der Waals surface area contributed by atoms with Gasteiger partial charge in [-0.15, -0.1) is 0 Å². The maximum Gasteiger partial charge on any atom is 0.377 e. The van der Waals surface area contributed by atoms with Crippen LogP contribution in [0.25, 0.3) is 6.08 Å². The van der Waals surface area contributed by atoms with Gasteiger partial charge in [-0.2, -0.15) is 0 Å². The second-order valence-corrected chi connectivity index (χ2v) is 5.36. The Morgan fingerprint density at radius 2 is 1.78 bits per heavy atom. The molecule has 2 rings (SSSR count). The molecule has 0 radical (unpaired) electrons. The van der Waals surface area contributed by atoms with Crippen LogP contribution in [0.15, 0.2) is 29.7 Å². The van der Waals surface area contributed by atoms with Crippen LogP contribution in [0, 0.1) is 0 Å². The lowest BCUT2D eigenvalue weighted by Crippen LogP contribution is -2.16. The Hall–Kier alpha value is -3.36. The van der Waals surface area contributed by atoms with Crippen LogP contribution in [0.4, 0.5) is 0 Å². The number of aliphatic hydroxyl groups excluding tert-OH is 2. The maximum absolute atomic E-state index is 11.9. The highest BCUT2D eigenvalue weighted by molar-refractivity contribution is 5.89. The number of methoxy groups -OCH3 is 3. The number of benzene rings is 1. The van der Waals surface area contributed by atoms with Gasteiger partial charge in [0.15, 0.2) is 11.9 Å². The minimum atomic E-state index is -1.03. The predicted octanol–water partition coefficient (Wildman–Crippen LogP) is 1.91. The first-order valence-corrected chi connectivity index (χ1v) is 7.89. The molecule has 1 unspecified atom stereocenters. The zero-order valence-electron chi connectivity index (χ0n) is 15.1. The molecule has 0 fully saturated rings. The van der Waals surface area contributed by atoms with Gasteiger partial charge in [0.25, 0.3) is 0 Å². The minimum Gasteiger partial charge on any atom is -0.505 e. The fraction of sp³-hybridized carbons (Fsp3) is 0.333. The molecule has 0 aromatic heterocycles. The summed E-state index contributed by atoms with van der Waals surface area (Å²) in [6.45, 7) is -0.130. The Balaban J connectivity index is 1.98. The van der Waals surface area contributed by atoms with E-state index >= 15 is 0 Å². The smallest absolute Gasteiger partial charge is 0.377 e. The number of esters is 2. The van der Waals surface area contributed by atoms with Gasteiger partial charge in [0.1, 0.15) is 17.2 Å². The van der Waals surface area contributed by atoms with E-state index < -0.39 is 29.6 Å². The predicted molar refractivity (Wildman–Crippen MR) is 92.9 cm³/mol. The number of cyclic esters (lactones) is 1. The molecule has 1 heterocycles. The molecule has 0 aliphatic carbocycles. The summed E-state index contributed by atoms with van der Waals surface area (Å²) in [7, 11) is 4.46. The number of carbonyl (C=O) groups excluding carboxylic acids is 2. The molecular weight excluding hydrogens is 360 g/mol. The molecule has 1 atom stereocenters. The summed E-state index contributed by atoms with van der Waals surface area (Å²) in [5, 5.41) is 18.7. The van der Waals surface area contributed by atoms with E-state index in [9.17, 15) is 19.8 Å². The summed E-state index contributed by atoms with van der Waals surface area (Å²) in [4.78, 5) is 23.0. The average molecular weight is 380 g/mol. The Morgan fingerprint density at radius 1 is 1.15 bits per heavy atom. The van der Waals surface area contributed by atoms with Gasteiger partial charge in [-0.05, 0) is 6.08 Å². The lowest BCUT2D eigenvalue weighted by Gasteiger charge is -2.12. The minimum absolute atomic E-state index is 0.0103.